The van der Waals surface area contributed by atoms with Crippen LogP contribution in [0.4, 0.5) is 5.69 Å². The molecule has 2 aromatic rings. The van der Waals surface area contributed by atoms with Gasteiger partial charge in [0.2, 0.25) is 5.91 Å². The summed E-state index contributed by atoms with van der Waals surface area (Å²) in [5.74, 6) is -0.737. The van der Waals surface area contributed by atoms with Crippen LogP contribution < -0.4 is 11.1 Å². The van der Waals surface area contributed by atoms with Crippen LogP contribution in [0.3, 0.4) is 0 Å². The molecule has 0 aromatic heterocycles. The number of nitrogens with one attached hydrogen (secondary N) is 1. The Labute approximate surface area is 149 Å². The summed E-state index contributed by atoms with van der Waals surface area (Å²) in [6.07, 6.45) is 0. The molecule has 2 amide bonds. The van der Waals surface area contributed by atoms with Crippen molar-refractivity contribution in [2.45, 2.75) is 11.8 Å². The topological polar surface area (TPSA) is 98.5 Å². The summed E-state index contributed by atoms with van der Waals surface area (Å²) in [5.41, 5.74) is 6.41. The highest BCUT2D eigenvalue weighted by Gasteiger charge is 2.14. The van der Waals surface area contributed by atoms with Crippen molar-refractivity contribution in [1.82, 2.24) is 0 Å². The second-order valence-corrected chi connectivity index (χ2v) is 6.30. The van der Waals surface area contributed by atoms with Gasteiger partial charge in [-0.05, 0) is 42.2 Å². The standard InChI is InChI=1S/C18H18N2O4S/c1-2-25-15-6-4-3-5-14(15)18(23)24-11-16(21)20-13-9-7-12(8-10-13)17(19)22/h3-10H,2,11H2,1H3,(H2,19,22)(H,20,21). The number of primary amides is 1. The van der Waals surface area contributed by atoms with Crippen LogP contribution in [0.5, 0.6) is 0 Å². The number of rotatable bonds is 7. The predicted molar refractivity (Wildman–Crippen MR) is 96.7 cm³/mol. The molecule has 7 heteroatoms. The van der Waals surface area contributed by atoms with E-state index in [1.54, 1.807) is 24.3 Å². The number of carbonyl (C=O) groups is 3. The highest BCUT2D eigenvalue weighted by molar-refractivity contribution is 7.99. The summed E-state index contributed by atoms with van der Waals surface area (Å²) in [6.45, 7) is 1.59. The van der Waals surface area contributed by atoms with Crippen molar-refractivity contribution in [2.75, 3.05) is 17.7 Å². The van der Waals surface area contributed by atoms with Gasteiger partial charge in [0, 0.05) is 16.1 Å². The Bertz CT molecular complexity index is 775. The number of nitrogens with two attached hydrogens (primary N) is 1. The van der Waals surface area contributed by atoms with Crippen LogP contribution in [-0.4, -0.2) is 30.1 Å². The minimum Gasteiger partial charge on any atom is -0.452 e. The molecule has 0 fully saturated rings. The van der Waals surface area contributed by atoms with Crippen molar-refractivity contribution < 1.29 is 19.1 Å². The molecule has 25 heavy (non-hydrogen) atoms. The third-order valence-electron chi connectivity index (χ3n) is 3.19. The van der Waals surface area contributed by atoms with Crippen LogP contribution >= 0.6 is 11.8 Å². The zero-order valence-corrected chi connectivity index (χ0v) is 14.5. The maximum Gasteiger partial charge on any atom is 0.339 e. The van der Waals surface area contributed by atoms with Gasteiger partial charge in [0.15, 0.2) is 6.61 Å². The van der Waals surface area contributed by atoms with Gasteiger partial charge in [0.1, 0.15) is 0 Å². The van der Waals surface area contributed by atoms with Crippen LogP contribution in [-0.2, 0) is 9.53 Å². The summed E-state index contributed by atoms with van der Waals surface area (Å²) < 4.78 is 5.07. The number of benzene rings is 2. The zero-order valence-electron chi connectivity index (χ0n) is 13.7. The molecule has 2 rings (SSSR count). The molecule has 0 saturated heterocycles. The molecule has 0 aliphatic heterocycles. The van der Waals surface area contributed by atoms with Crippen LogP contribution in [0.1, 0.15) is 27.6 Å². The third kappa shape index (κ3) is 5.36. The lowest BCUT2D eigenvalue weighted by Gasteiger charge is -2.09. The highest BCUT2D eigenvalue weighted by Crippen LogP contribution is 2.22. The van der Waals surface area contributed by atoms with Gasteiger partial charge in [-0.1, -0.05) is 19.1 Å². The largest absolute Gasteiger partial charge is 0.452 e. The van der Waals surface area contributed by atoms with E-state index in [1.807, 2.05) is 19.1 Å². The fourth-order valence-corrected chi connectivity index (χ4v) is 2.83. The molecule has 0 bridgehead atoms. The van der Waals surface area contributed by atoms with Crippen LogP contribution in [0, 0.1) is 0 Å². The minimum atomic E-state index is -0.546. The summed E-state index contributed by atoms with van der Waals surface area (Å²) in [4.78, 5) is 35.9. The Balaban J connectivity index is 1.91. The molecule has 0 heterocycles. The van der Waals surface area contributed by atoms with Gasteiger partial charge >= 0.3 is 5.97 Å². The molecular formula is C18H18N2O4S. The van der Waals surface area contributed by atoms with Crippen molar-refractivity contribution >= 4 is 35.2 Å². The van der Waals surface area contributed by atoms with Gasteiger partial charge in [-0.25, -0.2) is 4.79 Å². The molecule has 0 radical (unpaired) electrons. The van der Waals surface area contributed by atoms with Gasteiger partial charge in [-0.3, -0.25) is 9.59 Å². The van der Waals surface area contributed by atoms with Crippen LogP contribution in [0.25, 0.3) is 0 Å². The lowest BCUT2D eigenvalue weighted by atomic mass is 10.2. The van der Waals surface area contributed by atoms with Gasteiger partial charge in [0.05, 0.1) is 5.56 Å². The first-order valence-electron chi connectivity index (χ1n) is 7.60. The Morgan fingerprint density at radius 3 is 2.40 bits per heavy atom. The quantitative estimate of drug-likeness (QED) is 0.586. The van der Waals surface area contributed by atoms with Crippen molar-refractivity contribution in [3.8, 4) is 0 Å². The molecule has 2 aromatic carbocycles. The monoisotopic (exact) mass is 358 g/mol. The number of anilines is 1. The van der Waals surface area contributed by atoms with E-state index in [4.69, 9.17) is 10.5 Å². The number of thioether (sulfide) groups is 1. The second-order valence-electron chi connectivity index (χ2n) is 5.00. The lowest BCUT2D eigenvalue weighted by molar-refractivity contribution is -0.119. The first-order valence-corrected chi connectivity index (χ1v) is 8.58. The van der Waals surface area contributed by atoms with E-state index in [1.165, 1.54) is 23.9 Å². The Kier molecular flexibility index (Phi) is 6.59. The highest BCUT2D eigenvalue weighted by atomic mass is 32.2. The summed E-state index contributed by atoms with van der Waals surface area (Å²) >= 11 is 1.53. The number of carbonyl (C=O) groups excluding carboxylic acids is 3. The van der Waals surface area contributed by atoms with Crippen molar-refractivity contribution in [3.63, 3.8) is 0 Å². The molecule has 0 aliphatic carbocycles. The van der Waals surface area contributed by atoms with E-state index < -0.39 is 24.4 Å². The molecular weight excluding hydrogens is 340 g/mol. The zero-order chi connectivity index (χ0) is 18.2. The predicted octanol–water partition coefficient (Wildman–Crippen LogP) is 2.69. The average Bonchev–Trinajstić information content (AvgIpc) is 2.61. The Morgan fingerprint density at radius 2 is 1.76 bits per heavy atom. The summed E-state index contributed by atoms with van der Waals surface area (Å²) in [7, 11) is 0. The summed E-state index contributed by atoms with van der Waals surface area (Å²) in [6, 6.07) is 13.2. The van der Waals surface area contributed by atoms with Gasteiger partial charge in [-0.15, -0.1) is 11.8 Å². The van der Waals surface area contributed by atoms with Gasteiger partial charge in [0.25, 0.3) is 5.91 Å². The third-order valence-corrected chi connectivity index (χ3v) is 4.15. The normalized spacial score (nSPS) is 10.1. The van der Waals surface area contributed by atoms with Crippen molar-refractivity contribution in [2.24, 2.45) is 5.73 Å². The second kappa shape index (κ2) is 8.89. The molecule has 0 saturated carbocycles. The molecule has 0 aliphatic rings. The number of ether oxygens (including phenoxy) is 1. The Morgan fingerprint density at radius 1 is 1.08 bits per heavy atom. The van der Waals surface area contributed by atoms with E-state index in [9.17, 15) is 14.4 Å². The SMILES string of the molecule is CCSc1ccccc1C(=O)OCC(=O)Nc1ccc(C(N)=O)cc1. The van der Waals surface area contributed by atoms with Crippen molar-refractivity contribution in [3.05, 3.63) is 59.7 Å². The van der Waals surface area contributed by atoms with E-state index in [0.29, 0.717) is 16.8 Å². The molecule has 130 valence electrons. The fourth-order valence-electron chi connectivity index (χ4n) is 2.04. The van der Waals surface area contributed by atoms with E-state index >= 15 is 0 Å². The maximum absolute atomic E-state index is 12.1. The van der Waals surface area contributed by atoms with E-state index in [2.05, 4.69) is 5.32 Å². The van der Waals surface area contributed by atoms with Crippen molar-refractivity contribution in [1.29, 1.82) is 0 Å². The van der Waals surface area contributed by atoms with E-state index in [0.717, 1.165) is 10.6 Å². The first-order chi connectivity index (χ1) is 12.0. The molecule has 0 unspecified atom stereocenters. The number of hydrogen-bond acceptors (Lipinski definition) is 5. The maximum atomic E-state index is 12.1. The average molecular weight is 358 g/mol. The molecule has 0 spiro atoms. The number of hydrogen-bond donors (Lipinski definition) is 2. The van der Waals surface area contributed by atoms with Gasteiger partial charge in [-0.2, -0.15) is 0 Å². The van der Waals surface area contributed by atoms with Crippen LogP contribution in [0.15, 0.2) is 53.4 Å². The first kappa shape index (κ1) is 18.5. The number of esters is 1. The lowest BCUT2D eigenvalue weighted by Crippen LogP contribution is -2.21. The molecule has 3 N–H and O–H groups in total. The molecule has 6 nitrogen and oxygen atoms in total. The fraction of sp³-hybridized carbons (Fsp3) is 0.167. The Hall–Kier alpha value is -2.80. The van der Waals surface area contributed by atoms with Gasteiger partial charge < -0.3 is 15.8 Å². The minimum absolute atomic E-state index is 0.342. The number of amides is 2. The smallest absolute Gasteiger partial charge is 0.339 e. The molecule has 0 atom stereocenters. The summed E-state index contributed by atoms with van der Waals surface area (Å²) in [5, 5.41) is 2.58. The van der Waals surface area contributed by atoms with E-state index in [-0.39, 0.29) is 0 Å². The van der Waals surface area contributed by atoms with Crippen LogP contribution in [0.2, 0.25) is 0 Å².